The topological polar surface area (TPSA) is 83.7 Å². The number of benzene rings is 2. The fourth-order valence-electron chi connectivity index (χ4n) is 3.12. The maximum Gasteiger partial charge on any atom is 0.342 e. The number of esters is 1. The van der Waals surface area contributed by atoms with Gasteiger partial charge in [-0.2, -0.15) is 4.98 Å². The molecule has 4 rings (SSSR count). The predicted octanol–water partition coefficient (Wildman–Crippen LogP) is 3.99. The van der Waals surface area contributed by atoms with E-state index in [0.717, 1.165) is 16.9 Å². The SMILES string of the molecule is COc1ccc(-c2noc(COC(=O)c3cccc4c3O[C@H](C)[C@@H]4C)n2)cc1. The molecule has 0 amide bonds. The Balaban J connectivity index is 1.44. The Hall–Kier alpha value is -3.35. The van der Waals surface area contributed by atoms with Crippen molar-refractivity contribution < 1.29 is 23.5 Å². The molecule has 7 nitrogen and oxygen atoms in total. The third-order valence-electron chi connectivity index (χ3n) is 4.91. The number of para-hydroxylation sites is 1. The number of nitrogens with zero attached hydrogens (tertiary/aromatic N) is 2. The van der Waals surface area contributed by atoms with Gasteiger partial charge in [-0.3, -0.25) is 0 Å². The summed E-state index contributed by atoms with van der Waals surface area (Å²) in [4.78, 5) is 16.8. The molecular weight excluding hydrogens is 360 g/mol. The smallest absolute Gasteiger partial charge is 0.342 e. The summed E-state index contributed by atoms with van der Waals surface area (Å²) in [6.07, 6.45) is 0.0203. The van der Waals surface area contributed by atoms with E-state index in [-0.39, 0.29) is 24.5 Å². The molecule has 2 aromatic carbocycles. The maximum atomic E-state index is 12.5. The Morgan fingerprint density at radius 3 is 2.68 bits per heavy atom. The van der Waals surface area contributed by atoms with E-state index in [1.54, 1.807) is 13.2 Å². The number of carbonyl (C=O) groups excluding carboxylic acids is 1. The van der Waals surface area contributed by atoms with Crippen LogP contribution >= 0.6 is 0 Å². The molecule has 0 saturated heterocycles. The van der Waals surface area contributed by atoms with Crippen molar-refractivity contribution in [1.82, 2.24) is 10.1 Å². The molecule has 0 fully saturated rings. The summed E-state index contributed by atoms with van der Waals surface area (Å²) in [5.41, 5.74) is 2.20. The van der Waals surface area contributed by atoms with Crippen LogP contribution in [-0.4, -0.2) is 29.3 Å². The van der Waals surface area contributed by atoms with Crippen LogP contribution in [0.3, 0.4) is 0 Å². The van der Waals surface area contributed by atoms with Crippen molar-refractivity contribution in [3.63, 3.8) is 0 Å². The Morgan fingerprint density at radius 1 is 1.14 bits per heavy atom. The zero-order chi connectivity index (χ0) is 19.7. The summed E-state index contributed by atoms with van der Waals surface area (Å²) in [6, 6.07) is 12.8. The lowest BCUT2D eigenvalue weighted by atomic mass is 9.97. The highest BCUT2D eigenvalue weighted by molar-refractivity contribution is 5.93. The molecule has 28 heavy (non-hydrogen) atoms. The van der Waals surface area contributed by atoms with Gasteiger partial charge in [-0.05, 0) is 37.3 Å². The lowest BCUT2D eigenvalue weighted by Crippen LogP contribution is -2.11. The van der Waals surface area contributed by atoms with Gasteiger partial charge in [0.15, 0.2) is 6.61 Å². The van der Waals surface area contributed by atoms with E-state index in [0.29, 0.717) is 17.1 Å². The number of hydrogen-bond donors (Lipinski definition) is 0. The fraction of sp³-hybridized carbons (Fsp3) is 0.286. The predicted molar refractivity (Wildman–Crippen MR) is 100 cm³/mol. The largest absolute Gasteiger partial charge is 0.497 e. The van der Waals surface area contributed by atoms with Gasteiger partial charge < -0.3 is 18.7 Å². The molecule has 0 unspecified atom stereocenters. The Morgan fingerprint density at radius 2 is 1.93 bits per heavy atom. The standard InChI is InChI=1S/C21H20N2O5/c1-12-13(2)27-19-16(12)5-4-6-17(19)21(24)26-11-18-22-20(23-28-18)14-7-9-15(25-3)10-8-14/h4-10,12-13H,11H2,1-3H3/t12-,13+/m0/s1. The van der Waals surface area contributed by atoms with E-state index in [1.807, 2.05) is 43.3 Å². The zero-order valence-electron chi connectivity index (χ0n) is 15.8. The van der Waals surface area contributed by atoms with Crippen LogP contribution in [-0.2, 0) is 11.3 Å². The minimum atomic E-state index is -0.484. The summed E-state index contributed by atoms with van der Waals surface area (Å²) in [6.45, 7) is 3.94. The molecule has 144 valence electrons. The molecule has 0 saturated carbocycles. The van der Waals surface area contributed by atoms with Crippen LogP contribution in [0.15, 0.2) is 47.0 Å². The van der Waals surface area contributed by atoms with E-state index >= 15 is 0 Å². The van der Waals surface area contributed by atoms with E-state index in [1.165, 1.54) is 0 Å². The van der Waals surface area contributed by atoms with Gasteiger partial charge in [0.2, 0.25) is 5.82 Å². The quantitative estimate of drug-likeness (QED) is 0.619. The molecule has 0 spiro atoms. The monoisotopic (exact) mass is 380 g/mol. The molecule has 1 aromatic heterocycles. The number of fused-ring (bicyclic) bond motifs is 1. The molecule has 1 aliphatic heterocycles. The number of methoxy groups -OCH3 is 1. The van der Waals surface area contributed by atoms with Gasteiger partial charge >= 0.3 is 5.97 Å². The van der Waals surface area contributed by atoms with Crippen molar-refractivity contribution in [2.45, 2.75) is 32.5 Å². The molecule has 0 radical (unpaired) electrons. The second-order valence-corrected chi connectivity index (χ2v) is 6.65. The molecule has 0 aliphatic carbocycles. The molecule has 7 heteroatoms. The number of carbonyl (C=O) groups is 1. The average molecular weight is 380 g/mol. The Labute approximate surface area is 162 Å². The highest BCUT2D eigenvalue weighted by Crippen LogP contribution is 2.40. The van der Waals surface area contributed by atoms with Crippen molar-refractivity contribution in [1.29, 1.82) is 0 Å². The van der Waals surface area contributed by atoms with Gasteiger partial charge in [-0.25, -0.2) is 4.79 Å². The molecular formula is C21H20N2O5. The summed E-state index contributed by atoms with van der Waals surface area (Å²) in [7, 11) is 1.60. The van der Waals surface area contributed by atoms with Crippen molar-refractivity contribution in [2.24, 2.45) is 0 Å². The van der Waals surface area contributed by atoms with E-state index < -0.39 is 5.97 Å². The molecule has 3 aromatic rings. The lowest BCUT2D eigenvalue weighted by Gasteiger charge is -2.08. The first-order valence-corrected chi connectivity index (χ1v) is 9.00. The maximum absolute atomic E-state index is 12.5. The minimum Gasteiger partial charge on any atom is -0.497 e. The minimum absolute atomic E-state index is 0.0203. The first kappa shape index (κ1) is 18.0. The van der Waals surface area contributed by atoms with Crippen LogP contribution < -0.4 is 9.47 Å². The zero-order valence-corrected chi connectivity index (χ0v) is 15.8. The Kier molecular flexibility index (Phi) is 4.73. The fourth-order valence-corrected chi connectivity index (χ4v) is 3.12. The number of ether oxygens (including phenoxy) is 3. The molecule has 2 atom stereocenters. The Bertz CT molecular complexity index is 996. The number of aromatic nitrogens is 2. The molecule has 1 aliphatic rings. The first-order chi connectivity index (χ1) is 13.6. The molecule has 0 N–H and O–H groups in total. The van der Waals surface area contributed by atoms with Gasteiger partial charge in [0, 0.05) is 17.0 Å². The van der Waals surface area contributed by atoms with Crippen LogP contribution in [0, 0.1) is 0 Å². The second-order valence-electron chi connectivity index (χ2n) is 6.65. The summed E-state index contributed by atoms with van der Waals surface area (Å²) >= 11 is 0. The summed E-state index contributed by atoms with van der Waals surface area (Å²) in [5, 5.41) is 3.93. The van der Waals surface area contributed by atoms with Gasteiger partial charge in [-0.15, -0.1) is 0 Å². The number of hydrogen-bond acceptors (Lipinski definition) is 7. The highest BCUT2D eigenvalue weighted by atomic mass is 16.6. The normalized spacial score (nSPS) is 17.7. The first-order valence-electron chi connectivity index (χ1n) is 9.00. The second kappa shape index (κ2) is 7.34. The van der Waals surface area contributed by atoms with Crippen molar-refractivity contribution in [2.75, 3.05) is 7.11 Å². The summed E-state index contributed by atoms with van der Waals surface area (Å²) < 4.78 is 21.5. The third-order valence-corrected chi connectivity index (χ3v) is 4.91. The van der Waals surface area contributed by atoms with Crippen LogP contribution in [0.5, 0.6) is 11.5 Å². The van der Waals surface area contributed by atoms with Crippen molar-refractivity contribution >= 4 is 5.97 Å². The van der Waals surface area contributed by atoms with Gasteiger partial charge in [0.1, 0.15) is 23.2 Å². The molecule has 2 heterocycles. The summed E-state index contributed by atoms with van der Waals surface area (Å²) in [5.74, 6) is 1.71. The lowest BCUT2D eigenvalue weighted by molar-refractivity contribution is 0.0424. The van der Waals surface area contributed by atoms with Crippen molar-refractivity contribution in [3.05, 3.63) is 59.5 Å². The van der Waals surface area contributed by atoms with Gasteiger partial charge in [0.05, 0.1) is 7.11 Å². The van der Waals surface area contributed by atoms with E-state index in [2.05, 4.69) is 17.1 Å². The molecule has 0 bridgehead atoms. The highest BCUT2D eigenvalue weighted by Gasteiger charge is 2.31. The van der Waals surface area contributed by atoms with E-state index in [9.17, 15) is 4.79 Å². The van der Waals surface area contributed by atoms with Crippen molar-refractivity contribution in [3.8, 4) is 22.9 Å². The van der Waals surface area contributed by atoms with E-state index in [4.69, 9.17) is 18.7 Å². The van der Waals surface area contributed by atoms with Crippen LogP contribution in [0.25, 0.3) is 11.4 Å². The van der Waals surface area contributed by atoms with Crippen LogP contribution in [0.1, 0.15) is 41.6 Å². The van der Waals surface area contributed by atoms with Crippen LogP contribution in [0.2, 0.25) is 0 Å². The van der Waals surface area contributed by atoms with Gasteiger partial charge in [-0.1, -0.05) is 24.2 Å². The average Bonchev–Trinajstić information content (AvgIpc) is 3.31. The van der Waals surface area contributed by atoms with Crippen LogP contribution in [0.4, 0.5) is 0 Å². The van der Waals surface area contributed by atoms with Gasteiger partial charge in [0.25, 0.3) is 5.89 Å². The number of rotatable bonds is 5. The third kappa shape index (κ3) is 3.31.